The first-order chi connectivity index (χ1) is 17.4. The molecule has 2 aliphatic rings. The lowest BCUT2D eigenvalue weighted by Gasteiger charge is -2.31. The second kappa shape index (κ2) is 9.60. The summed E-state index contributed by atoms with van der Waals surface area (Å²) in [6, 6.07) is 22.2. The maximum Gasteiger partial charge on any atom is 0.269 e. The Bertz CT molecular complexity index is 1320. The molecule has 36 heavy (non-hydrogen) atoms. The van der Waals surface area contributed by atoms with Gasteiger partial charge in [0.05, 0.1) is 17.9 Å². The second-order valence-corrected chi connectivity index (χ2v) is 9.06. The van der Waals surface area contributed by atoms with Crippen molar-refractivity contribution in [3.8, 4) is 5.75 Å². The van der Waals surface area contributed by atoms with Gasteiger partial charge in [-0.2, -0.15) is 0 Å². The molecule has 2 amide bonds. The summed E-state index contributed by atoms with van der Waals surface area (Å²) in [5, 5.41) is 21.2. The van der Waals surface area contributed by atoms with E-state index in [-0.39, 0.29) is 19.1 Å². The number of para-hydroxylation sites is 2. The zero-order valence-electron chi connectivity index (χ0n) is 20.0. The minimum atomic E-state index is -1.83. The van der Waals surface area contributed by atoms with Crippen molar-refractivity contribution in [1.29, 1.82) is 0 Å². The second-order valence-electron chi connectivity index (χ2n) is 9.06. The number of aliphatic hydroxyl groups excluding tert-OH is 1. The first-order valence-corrected chi connectivity index (χ1v) is 12.0. The van der Waals surface area contributed by atoms with Gasteiger partial charge in [0.25, 0.3) is 11.8 Å². The topological polar surface area (TPSA) is 90.3 Å². The molecule has 0 spiro atoms. The zero-order valence-corrected chi connectivity index (χ0v) is 20.0. The van der Waals surface area contributed by atoms with E-state index in [0.29, 0.717) is 41.3 Å². The fourth-order valence-corrected chi connectivity index (χ4v) is 4.90. The Morgan fingerprint density at radius 3 is 2.56 bits per heavy atom. The number of hydrogen-bond acceptors (Lipinski definition) is 5. The summed E-state index contributed by atoms with van der Waals surface area (Å²) in [6.07, 6.45) is 3.95. The van der Waals surface area contributed by atoms with Crippen LogP contribution in [0.5, 0.6) is 5.75 Å². The van der Waals surface area contributed by atoms with Gasteiger partial charge in [0.15, 0.2) is 12.2 Å². The summed E-state index contributed by atoms with van der Waals surface area (Å²) in [5.74, 6) is -0.638. The van der Waals surface area contributed by atoms with Crippen LogP contribution in [0.2, 0.25) is 0 Å². The highest BCUT2D eigenvalue weighted by Crippen LogP contribution is 2.48. The summed E-state index contributed by atoms with van der Waals surface area (Å²) >= 11 is 0. The van der Waals surface area contributed by atoms with Crippen LogP contribution in [0.4, 0.5) is 17.1 Å². The molecule has 0 fully saturated rings. The minimum absolute atomic E-state index is 0.0188. The fraction of sp³-hybridized carbons (Fsp3) is 0.241. The van der Waals surface area contributed by atoms with E-state index in [4.69, 9.17) is 4.74 Å². The van der Waals surface area contributed by atoms with E-state index in [0.717, 1.165) is 5.56 Å². The van der Waals surface area contributed by atoms with E-state index in [2.05, 4.69) is 0 Å². The van der Waals surface area contributed by atoms with Crippen LogP contribution in [0.3, 0.4) is 0 Å². The first-order valence-electron chi connectivity index (χ1n) is 12.0. The maximum atomic E-state index is 13.8. The SMILES string of the molecule is C[C@H](/C=C/CCO)[C@@]1(O)C(=O)N(Cc2ccccc2)c2ccc(N3C(=O)COc4ccccc43)cc21. The Kier molecular flexibility index (Phi) is 6.35. The monoisotopic (exact) mass is 484 g/mol. The molecule has 0 saturated carbocycles. The molecule has 184 valence electrons. The molecule has 2 heterocycles. The molecule has 0 bridgehead atoms. The van der Waals surface area contributed by atoms with E-state index in [1.54, 1.807) is 59.2 Å². The van der Waals surface area contributed by atoms with Crippen LogP contribution < -0.4 is 14.5 Å². The zero-order chi connectivity index (χ0) is 25.3. The van der Waals surface area contributed by atoms with Gasteiger partial charge in [-0.15, -0.1) is 0 Å². The number of benzene rings is 3. The van der Waals surface area contributed by atoms with Gasteiger partial charge >= 0.3 is 0 Å². The van der Waals surface area contributed by atoms with Crippen LogP contribution >= 0.6 is 0 Å². The van der Waals surface area contributed by atoms with Gasteiger partial charge in [0.1, 0.15) is 5.75 Å². The number of carbonyl (C=O) groups excluding carboxylic acids is 2. The molecule has 5 rings (SSSR count). The van der Waals surface area contributed by atoms with Crippen LogP contribution in [-0.4, -0.2) is 35.2 Å². The molecular weight excluding hydrogens is 456 g/mol. The lowest BCUT2D eigenvalue weighted by atomic mass is 9.82. The first kappa shape index (κ1) is 23.8. The van der Waals surface area contributed by atoms with E-state index in [1.807, 2.05) is 42.5 Å². The molecule has 2 atom stereocenters. The Hall–Kier alpha value is -3.94. The van der Waals surface area contributed by atoms with Crippen molar-refractivity contribution in [3.63, 3.8) is 0 Å². The van der Waals surface area contributed by atoms with E-state index < -0.39 is 17.4 Å². The molecule has 0 aliphatic carbocycles. The highest BCUT2D eigenvalue weighted by molar-refractivity contribution is 6.09. The van der Waals surface area contributed by atoms with E-state index in [9.17, 15) is 19.8 Å². The third-order valence-corrected chi connectivity index (χ3v) is 6.78. The molecule has 0 saturated heterocycles. The highest BCUT2D eigenvalue weighted by atomic mass is 16.5. The Morgan fingerprint density at radius 1 is 1.03 bits per heavy atom. The van der Waals surface area contributed by atoms with Gasteiger partial charge in [-0.05, 0) is 42.3 Å². The van der Waals surface area contributed by atoms with Crippen LogP contribution in [0.15, 0.2) is 84.9 Å². The summed E-state index contributed by atoms with van der Waals surface area (Å²) in [7, 11) is 0. The van der Waals surface area contributed by atoms with E-state index in [1.165, 1.54) is 0 Å². The van der Waals surface area contributed by atoms with Crippen molar-refractivity contribution in [1.82, 2.24) is 0 Å². The predicted molar refractivity (Wildman–Crippen MR) is 137 cm³/mol. The molecule has 7 heteroatoms. The van der Waals surface area contributed by atoms with Crippen LogP contribution in [-0.2, 0) is 21.7 Å². The fourth-order valence-electron chi connectivity index (χ4n) is 4.90. The molecule has 0 radical (unpaired) electrons. The summed E-state index contributed by atoms with van der Waals surface area (Å²) in [5.41, 5.74) is 1.31. The Morgan fingerprint density at radius 2 is 1.78 bits per heavy atom. The Balaban J connectivity index is 1.62. The third kappa shape index (κ3) is 3.96. The normalized spacial score (nSPS) is 19.9. The van der Waals surface area contributed by atoms with Crippen molar-refractivity contribution in [2.45, 2.75) is 25.5 Å². The number of ether oxygens (including phenoxy) is 1. The lowest BCUT2D eigenvalue weighted by molar-refractivity contribution is -0.139. The van der Waals surface area contributed by atoms with Crippen molar-refractivity contribution in [3.05, 3.63) is 96.1 Å². The maximum absolute atomic E-state index is 13.8. The highest BCUT2D eigenvalue weighted by Gasteiger charge is 2.52. The van der Waals surface area contributed by atoms with Crippen LogP contribution in [0.1, 0.15) is 24.5 Å². The number of anilines is 3. The van der Waals surface area contributed by atoms with Crippen molar-refractivity contribution in [2.75, 3.05) is 23.0 Å². The molecule has 3 aromatic rings. The van der Waals surface area contributed by atoms with Crippen molar-refractivity contribution < 1.29 is 24.5 Å². The number of aliphatic hydroxyl groups is 2. The van der Waals surface area contributed by atoms with Gasteiger partial charge < -0.3 is 19.8 Å². The molecule has 0 unspecified atom stereocenters. The molecule has 2 N–H and O–H groups in total. The number of rotatable bonds is 7. The average Bonchev–Trinajstić information content (AvgIpc) is 3.11. The van der Waals surface area contributed by atoms with Gasteiger partial charge in [0.2, 0.25) is 0 Å². The molecule has 7 nitrogen and oxygen atoms in total. The summed E-state index contributed by atoms with van der Waals surface area (Å²) < 4.78 is 5.58. The third-order valence-electron chi connectivity index (χ3n) is 6.78. The quantitative estimate of drug-likeness (QED) is 0.494. The number of fused-ring (bicyclic) bond motifs is 2. The standard InChI is InChI=1S/C29H28N2O5/c1-20(9-7-8-16-32)29(35)23-17-22(31-25-12-5-6-13-26(25)36-19-27(31)33)14-15-24(23)30(28(29)34)18-21-10-3-2-4-11-21/h2-7,9-15,17,20,32,35H,8,16,18-19H2,1H3/b9-7+/t20-,29+/m1/s1. The molecule has 0 aromatic heterocycles. The Labute approximate surface area is 209 Å². The lowest BCUT2D eigenvalue weighted by Crippen LogP contribution is -2.44. The molecular formula is C29H28N2O5. The van der Waals surface area contributed by atoms with Crippen LogP contribution in [0.25, 0.3) is 0 Å². The number of nitrogens with zero attached hydrogens (tertiary/aromatic N) is 2. The smallest absolute Gasteiger partial charge is 0.269 e. The summed E-state index contributed by atoms with van der Waals surface area (Å²) in [6.45, 7) is 1.97. The van der Waals surface area contributed by atoms with Gasteiger partial charge in [-0.25, -0.2) is 0 Å². The summed E-state index contributed by atoms with van der Waals surface area (Å²) in [4.78, 5) is 29.9. The number of hydrogen-bond donors (Lipinski definition) is 2. The largest absolute Gasteiger partial charge is 0.482 e. The number of amides is 2. The molecule has 3 aromatic carbocycles. The van der Waals surface area contributed by atoms with Gasteiger partial charge in [0, 0.05) is 23.8 Å². The predicted octanol–water partition coefficient (Wildman–Crippen LogP) is 4.05. The minimum Gasteiger partial charge on any atom is -0.482 e. The van der Waals surface area contributed by atoms with Crippen molar-refractivity contribution in [2.24, 2.45) is 5.92 Å². The average molecular weight is 485 g/mol. The van der Waals surface area contributed by atoms with Crippen molar-refractivity contribution >= 4 is 28.9 Å². The molecule has 2 aliphatic heterocycles. The van der Waals surface area contributed by atoms with Gasteiger partial charge in [-0.3, -0.25) is 14.5 Å². The van der Waals surface area contributed by atoms with Gasteiger partial charge in [-0.1, -0.05) is 61.5 Å². The van der Waals surface area contributed by atoms with E-state index >= 15 is 0 Å². The number of carbonyl (C=O) groups is 2. The van der Waals surface area contributed by atoms with Crippen LogP contribution in [0, 0.1) is 5.92 Å².